The van der Waals surface area contributed by atoms with Gasteiger partial charge in [0, 0.05) is 17.9 Å². The van der Waals surface area contributed by atoms with Crippen molar-refractivity contribution in [3.8, 4) is 11.5 Å². The molecule has 0 aliphatic carbocycles. The highest BCUT2D eigenvalue weighted by atomic mass is 19.1. The zero-order valence-corrected chi connectivity index (χ0v) is 9.45. The third-order valence-corrected chi connectivity index (χ3v) is 2.54. The van der Waals surface area contributed by atoms with Gasteiger partial charge in [-0.25, -0.2) is 4.39 Å². The predicted molar refractivity (Wildman–Crippen MR) is 61.6 cm³/mol. The number of fused-ring (bicyclic) bond motifs is 1. The van der Waals surface area contributed by atoms with Gasteiger partial charge in [-0.05, 0) is 30.5 Å². The van der Waals surface area contributed by atoms with Crippen LogP contribution in [0.25, 0.3) is 10.8 Å². The number of rotatable bonds is 1. The van der Waals surface area contributed by atoms with Crippen molar-refractivity contribution in [2.75, 3.05) is 0 Å². The fraction of sp³-hybridized carbons (Fsp3) is 0.154. The number of hydrogen-bond donors (Lipinski definition) is 1. The first kappa shape index (κ1) is 11.4. The van der Waals surface area contributed by atoms with E-state index in [-0.39, 0.29) is 11.5 Å². The summed E-state index contributed by atoms with van der Waals surface area (Å²) >= 11 is 0. The van der Waals surface area contributed by atoms with Crippen LogP contribution < -0.4 is 4.74 Å². The fourth-order valence-electron chi connectivity index (χ4n) is 1.69. The van der Waals surface area contributed by atoms with Gasteiger partial charge in [0.15, 0.2) is 0 Å². The van der Waals surface area contributed by atoms with Crippen molar-refractivity contribution in [2.24, 2.45) is 0 Å². The lowest BCUT2D eigenvalue weighted by molar-refractivity contribution is -0.131. The molecule has 4 heteroatoms. The SMILES string of the molecule is CC(=O)Oc1cc2ccc(F)cc2c(O)c1C. The molecule has 0 saturated carbocycles. The molecule has 3 nitrogen and oxygen atoms in total. The largest absolute Gasteiger partial charge is 0.507 e. The van der Waals surface area contributed by atoms with E-state index in [1.165, 1.54) is 25.1 Å². The van der Waals surface area contributed by atoms with Gasteiger partial charge in [0.05, 0.1) is 0 Å². The number of esters is 1. The number of ether oxygens (including phenoxy) is 1. The average molecular weight is 234 g/mol. The number of phenolic OH excluding ortho intramolecular Hbond substituents is 1. The maximum Gasteiger partial charge on any atom is 0.308 e. The Kier molecular flexibility index (Phi) is 2.71. The topological polar surface area (TPSA) is 46.5 Å². The van der Waals surface area contributed by atoms with Gasteiger partial charge < -0.3 is 9.84 Å². The summed E-state index contributed by atoms with van der Waals surface area (Å²) in [6.07, 6.45) is 0. The Bertz CT molecular complexity index is 605. The number of carbonyl (C=O) groups excluding carboxylic acids is 1. The Labute approximate surface area is 97.4 Å². The van der Waals surface area contributed by atoms with Crippen molar-refractivity contribution in [2.45, 2.75) is 13.8 Å². The van der Waals surface area contributed by atoms with E-state index in [1.807, 2.05) is 0 Å². The Morgan fingerprint density at radius 3 is 2.71 bits per heavy atom. The Morgan fingerprint density at radius 1 is 1.35 bits per heavy atom. The predicted octanol–water partition coefficient (Wildman–Crippen LogP) is 2.92. The van der Waals surface area contributed by atoms with Gasteiger partial charge in [-0.2, -0.15) is 0 Å². The summed E-state index contributed by atoms with van der Waals surface area (Å²) in [4.78, 5) is 10.9. The molecule has 0 amide bonds. The van der Waals surface area contributed by atoms with Crippen LogP contribution in [0.2, 0.25) is 0 Å². The van der Waals surface area contributed by atoms with E-state index >= 15 is 0 Å². The molecule has 2 aromatic rings. The van der Waals surface area contributed by atoms with Crippen molar-refractivity contribution in [3.05, 3.63) is 35.6 Å². The maximum absolute atomic E-state index is 13.1. The lowest BCUT2D eigenvalue weighted by atomic mass is 10.0. The van der Waals surface area contributed by atoms with Crippen LogP contribution in [0.5, 0.6) is 11.5 Å². The molecule has 1 N–H and O–H groups in total. The highest BCUT2D eigenvalue weighted by Gasteiger charge is 2.12. The average Bonchev–Trinajstić information content (AvgIpc) is 2.26. The van der Waals surface area contributed by atoms with E-state index in [4.69, 9.17) is 4.74 Å². The van der Waals surface area contributed by atoms with Gasteiger partial charge in [0.1, 0.15) is 17.3 Å². The maximum atomic E-state index is 13.1. The second-order valence-corrected chi connectivity index (χ2v) is 3.81. The number of carbonyl (C=O) groups is 1. The van der Waals surface area contributed by atoms with Crippen molar-refractivity contribution in [1.29, 1.82) is 0 Å². The van der Waals surface area contributed by atoms with E-state index < -0.39 is 11.8 Å². The van der Waals surface area contributed by atoms with Gasteiger partial charge in [-0.15, -0.1) is 0 Å². The Hall–Kier alpha value is -2.10. The van der Waals surface area contributed by atoms with Crippen LogP contribution in [0.1, 0.15) is 12.5 Å². The molecule has 17 heavy (non-hydrogen) atoms. The summed E-state index contributed by atoms with van der Waals surface area (Å²) in [7, 11) is 0. The molecule has 0 spiro atoms. The molecule has 0 fully saturated rings. The zero-order valence-electron chi connectivity index (χ0n) is 9.45. The van der Waals surface area contributed by atoms with E-state index in [0.717, 1.165) is 0 Å². The molecule has 0 bridgehead atoms. The summed E-state index contributed by atoms with van der Waals surface area (Å²) in [5.41, 5.74) is 0.415. The normalized spacial score (nSPS) is 10.5. The van der Waals surface area contributed by atoms with Crippen molar-refractivity contribution in [1.82, 2.24) is 0 Å². The first-order valence-corrected chi connectivity index (χ1v) is 5.09. The highest BCUT2D eigenvalue weighted by Crippen LogP contribution is 2.35. The Morgan fingerprint density at radius 2 is 2.06 bits per heavy atom. The first-order valence-electron chi connectivity index (χ1n) is 5.09. The smallest absolute Gasteiger partial charge is 0.308 e. The van der Waals surface area contributed by atoms with Crippen LogP contribution in [0.3, 0.4) is 0 Å². The van der Waals surface area contributed by atoms with Gasteiger partial charge >= 0.3 is 5.97 Å². The first-order chi connectivity index (χ1) is 7.99. The molecule has 0 radical (unpaired) electrons. The molecule has 88 valence electrons. The Balaban J connectivity index is 2.70. The third kappa shape index (κ3) is 2.06. The van der Waals surface area contributed by atoms with Gasteiger partial charge in [0.25, 0.3) is 0 Å². The van der Waals surface area contributed by atoms with Crippen molar-refractivity contribution >= 4 is 16.7 Å². The number of halogens is 1. The summed E-state index contributed by atoms with van der Waals surface area (Å²) in [6.45, 7) is 2.89. The lowest BCUT2D eigenvalue weighted by Crippen LogP contribution is -2.03. The molecule has 0 unspecified atom stereocenters. The second-order valence-electron chi connectivity index (χ2n) is 3.81. The van der Waals surface area contributed by atoms with Gasteiger partial charge in [0.2, 0.25) is 0 Å². The summed E-state index contributed by atoms with van der Waals surface area (Å²) in [5, 5.41) is 10.9. The number of aromatic hydroxyl groups is 1. The highest BCUT2D eigenvalue weighted by molar-refractivity contribution is 5.91. The minimum absolute atomic E-state index is 0.0711. The molecule has 0 heterocycles. The monoisotopic (exact) mass is 234 g/mol. The molecule has 0 aliphatic heterocycles. The standard InChI is InChI=1S/C13H11FO3/c1-7-12(17-8(2)15)5-9-3-4-10(14)6-11(9)13(7)16/h3-6,16H,1-2H3. The molecular formula is C13H11FO3. The van der Waals surface area contributed by atoms with Crippen molar-refractivity contribution in [3.63, 3.8) is 0 Å². The van der Waals surface area contributed by atoms with Gasteiger partial charge in [-0.1, -0.05) is 6.07 Å². The lowest BCUT2D eigenvalue weighted by Gasteiger charge is -2.10. The number of hydrogen-bond acceptors (Lipinski definition) is 3. The summed E-state index contributed by atoms with van der Waals surface area (Å²) in [5.74, 6) is -0.672. The fourth-order valence-corrected chi connectivity index (χ4v) is 1.69. The van der Waals surface area contributed by atoms with Crippen LogP contribution >= 0.6 is 0 Å². The molecule has 2 aromatic carbocycles. The van der Waals surface area contributed by atoms with Crippen LogP contribution in [0.4, 0.5) is 4.39 Å². The molecule has 0 aromatic heterocycles. The van der Waals surface area contributed by atoms with Crippen LogP contribution in [0.15, 0.2) is 24.3 Å². The van der Waals surface area contributed by atoms with Crippen LogP contribution in [-0.4, -0.2) is 11.1 Å². The van der Waals surface area contributed by atoms with E-state index in [1.54, 1.807) is 13.0 Å². The van der Waals surface area contributed by atoms with Crippen LogP contribution in [-0.2, 0) is 4.79 Å². The van der Waals surface area contributed by atoms with E-state index in [9.17, 15) is 14.3 Å². The van der Waals surface area contributed by atoms with E-state index in [2.05, 4.69) is 0 Å². The zero-order chi connectivity index (χ0) is 12.6. The summed E-state index contributed by atoms with van der Waals surface area (Å²) in [6, 6.07) is 5.66. The molecule has 2 rings (SSSR count). The molecule has 0 saturated heterocycles. The van der Waals surface area contributed by atoms with E-state index in [0.29, 0.717) is 16.3 Å². The molecular weight excluding hydrogens is 223 g/mol. The molecule has 0 atom stereocenters. The summed E-state index contributed by atoms with van der Waals surface area (Å²) < 4.78 is 18.0. The minimum atomic E-state index is -0.464. The third-order valence-electron chi connectivity index (χ3n) is 2.54. The molecule has 0 aliphatic rings. The second kappa shape index (κ2) is 4.05. The van der Waals surface area contributed by atoms with Crippen molar-refractivity contribution < 1.29 is 19.0 Å². The van der Waals surface area contributed by atoms with Crippen LogP contribution in [0, 0.1) is 12.7 Å². The number of phenols is 1. The minimum Gasteiger partial charge on any atom is -0.507 e. The quantitative estimate of drug-likeness (QED) is 0.609. The van der Waals surface area contributed by atoms with Gasteiger partial charge in [-0.3, -0.25) is 4.79 Å². The number of benzene rings is 2.